The Morgan fingerprint density at radius 1 is 0.912 bits per heavy atom. The first-order valence-electron chi connectivity index (χ1n) is 10.2. The highest BCUT2D eigenvalue weighted by Gasteiger charge is 2.24. The van der Waals surface area contributed by atoms with Crippen molar-refractivity contribution >= 4 is 49.9 Å². The second-order valence-corrected chi connectivity index (χ2v) is 11.6. The predicted octanol–water partition coefficient (Wildman–Crippen LogP) is -0.759. The van der Waals surface area contributed by atoms with E-state index in [0.29, 0.717) is 6.42 Å². The fraction of sp³-hybridized carbons (Fsp3) is 0.833. The van der Waals surface area contributed by atoms with Crippen molar-refractivity contribution in [2.45, 2.75) is 45.8 Å². The molecule has 0 aromatic carbocycles. The van der Waals surface area contributed by atoms with Gasteiger partial charge in [-0.25, -0.2) is 16.8 Å². The van der Waals surface area contributed by atoms with E-state index in [1.165, 1.54) is 6.92 Å². The summed E-state index contributed by atoms with van der Waals surface area (Å²) in [6.07, 6.45) is -2.58. The zero-order valence-corrected chi connectivity index (χ0v) is 21.5. The van der Waals surface area contributed by atoms with Gasteiger partial charge in [-0.3, -0.25) is 14.4 Å². The smallest absolute Gasteiger partial charge is 0.309 e. The summed E-state index contributed by atoms with van der Waals surface area (Å²) in [6, 6.07) is 0. The molecule has 0 aliphatic rings. The number of carbonyl (C=O) groups is 3. The third-order valence-corrected chi connectivity index (χ3v) is 6.94. The van der Waals surface area contributed by atoms with Gasteiger partial charge in [0.05, 0.1) is 50.0 Å². The van der Waals surface area contributed by atoms with Gasteiger partial charge >= 0.3 is 17.9 Å². The third-order valence-electron chi connectivity index (χ3n) is 4.15. The number of hydrogen-bond donors (Lipinski definition) is 1. The van der Waals surface area contributed by atoms with Crippen LogP contribution in [0, 0.1) is 11.8 Å². The number of aliphatic hydroxyl groups excluding tert-OH is 1. The molecule has 0 heterocycles. The van der Waals surface area contributed by atoms with Gasteiger partial charge < -0.3 is 28.4 Å². The van der Waals surface area contributed by atoms with E-state index in [9.17, 15) is 45.4 Å². The van der Waals surface area contributed by atoms with Crippen LogP contribution in [-0.4, -0.2) is 97.4 Å². The monoisotopic (exact) mass is 550 g/mol. The minimum atomic E-state index is -4.95. The number of carbonyl (C=O) groups excluding carboxylic acids is 3. The Labute approximate surface area is 203 Å². The van der Waals surface area contributed by atoms with Gasteiger partial charge in [-0.1, -0.05) is 20.8 Å². The molecule has 3 atom stereocenters. The van der Waals surface area contributed by atoms with Crippen molar-refractivity contribution in [3.05, 3.63) is 0 Å². The van der Waals surface area contributed by atoms with Crippen LogP contribution in [0.5, 0.6) is 0 Å². The second-order valence-electron chi connectivity index (χ2n) is 7.51. The van der Waals surface area contributed by atoms with E-state index in [1.807, 2.05) is 6.92 Å². The molecule has 0 saturated heterocycles. The van der Waals surface area contributed by atoms with Gasteiger partial charge in [0.15, 0.2) is 0 Å². The van der Waals surface area contributed by atoms with Gasteiger partial charge in [-0.15, -0.1) is 0 Å². The van der Waals surface area contributed by atoms with Gasteiger partial charge in [0.1, 0.15) is 25.4 Å². The van der Waals surface area contributed by atoms with Crippen molar-refractivity contribution < 1.29 is 59.6 Å². The molecule has 0 radical (unpaired) electrons. The summed E-state index contributed by atoms with van der Waals surface area (Å²) >= 11 is 1.13. The normalized spacial score (nSPS) is 14.8. The van der Waals surface area contributed by atoms with E-state index in [-0.39, 0.29) is 37.1 Å². The Balaban J connectivity index is 4.29. The molecule has 16 heteroatoms. The van der Waals surface area contributed by atoms with Crippen LogP contribution in [0.1, 0.15) is 33.6 Å². The molecule has 0 spiro atoms. The molecule has 0 amide bonds. The van der Waals surface area contributed by atoms with Gasteiger partial charge in [-0.05, 0) is 6.42 Å². The maximum Gasteiger partial charge on any atom is 0.309 e. The maximum absolute atomic E-state index is 12.0. The maximum atomic E-state index is 12.0. The Bertz CT molecular complexity index is 836. The van der Waals surface area contributed by atoms with Gasteiger partial charge in [0, 0.05) is 11.5 Å². The molecule has 1 N–H and O–H groups in total. The van der Waals surface area contributed by atoms with Crippen molar-refractivity contribution in [3.63, 3.8) is 0 Å². The third kappa shape index (κ3) is 17.0. The molecule has 3 unspecified atom stereocenters. The number of ether oxygens (including phenoxy) is 3. The predicted molar refractivity (Wildman–Crippen MR) is 117 cm³/mol. The lowest BCUT2D eigenvalue weighted by Crippen LogP contribution is -2.35. The van der Waals surface area contributed by atoms with Crippen LogP contribution in [0.4, 0.5) is 0 Å². The van der Waals surface area contributed by atoms with E-state index in [2.05, 4.69) is 0 Å². The van der Waals surface area contributed by atoms with Crippen LogP contribution < -0.4 is 0 Å². The van der Waals surface area contributed by atoms with E-state index >= 15 is 0 Å². The average molecular weight is 551 g/mol. The summed E-state index contributed by atoms with van der Waals surface area (Å²) < 4.78 is 79.4. The van der Waals surface area contributed by atoms with Crippen LogP contribution in [0.25, 0.3) is 0 Å². The van der Waals surface area contributed by atoms with Crippen molar-refractivity contribution in [1.29, 1.82) is 0 Å². The fourth-order valence-corrected chi connectivity index (χ4v) is 4.53. The first kappa shape index (κ1) is 32.5. The molecule has 0 aliphatic carbocycles. The molecule has 0 saturated carbocycles. The Kier molecular flexibility index (Phi) is 14.9. The van der Waals surface area contributed by atoms with Crippen LogP contribution >= 0.6 is 11.8 Å². The first-order valence-corrected chi connectivity index (χ1v) is 14.5. The molecule has 200 valence electrons. The highest BCUT2D eigenvalue weighted by atomic mass is 32.2. The van der Waals surface area contributed by atoms with Gasteiger partial charge in [0.25, 0.3) is 0 Å². The van der Waals surface area contributed by atoms with Gasteiger partial charge in [-0.2, -0.15) is 11.8 Å². The second kappa shape index (κ2) is 15.5. The number of esters is 3. The lowest BCUT2D eigenvalue weighted by Gasteiger charge is -2.22. The van der Waals surface area contributed by atoms with Crippen molar-refractivity contribution in [3.8, 4) is 0 Å². The quantitative estimate of drug-likeness (QED) is 0.102. The first-order chi connectivity index (χ1) is 15.5. The minimum Gasteiger partial charge on any atom is -0.748 e. The van der Waals surface area contributed by atoms with Gasteiger partial charge in [0.2, 0.25) is 0 Å². The summed E-state index contributed by atoms with van der Waals surface area (Å²) in [5.74, 6) is -5.69. The van der Waals surface area contributed by atoms with Crippen molar-refractivity contribution in [1.82, 2.24) is 0 Å². The summed E-state index contributed by atoms with van der Waals surface area (Å²) in [6.45, 7) is 4.20. The van der Waals surface area contributed by atoms with Crippen molar-refractivity contribution in [2.24, 2.45) is 11.8 Å². The fourth-order valence-electron chi connectivity index (χ4n) is 2.13. The van der Waals surface area contributed by atoms with Crippen LogP contribution in [-0.2, 0) is 48.8 Å². The van der Waals surface area contributed by atoms with E-state index in [1.54, 1.807) is 6.92 Å². The zero-order valence-electron chi connectivity index (χ0n) is 19.0. The van der Waals surface area contributed by atoms with E-state index < -0.39 is 67.8 Å². The molecule has 0 aromatic heterocycles. The molecular weight excluding hydrogens is 520 g/mol. The number of hydrogen-bond acceptors (Lipinski definition) is 14. The Morgan fingerprint density at radius 3 is 1.94 bits per heavy atom. The Hall–Kier alpha value is -1.46. The van der Waals surface area contributed by atoms with Crippen LogP contribution in [0.15, 0.2) is 0 Å². The standard InChI is InChI=1S/C18H32O13S3/c1-4-12(2)17(21)30-8-14(19)7-29-16(20)5-6-32-9-13(3)18(22)31-15(10-33(23,24)25)11-34(26,27)28/h12-15,19H,4-11H2,1-3H3,(H,23,24,25)(H,26,27,28)/p-2. The van der Waals surface area contributed by atoms with Crippen LogP contribution in [0.3, 0.4) is 0 Å². The minimum absolute atomic E-state index is 0.0721. The zero-order chi connectivity index (χ0) is 26.5. The van der Waals surface area contributed by atoms with E-state index in [0.717, 1.165) is 11.8 Å². The van der Waals surface area contributed by atoms with E-state index in [4.69, 9.17) is 14.2 Å². The lowest BCUT2D eigenvalue weighted by atomic mass is 10.1. The summed E-state index contributed by atoms with van der Waals surface area (Å²) in [7, 11) is -9.90. The van der Waals surface area contributed by atoms with Crippen LogP contribution in [0.2, 0.25) is 0 Å². The molecule has 34 heavy (non-hydrogen) atoms. The highest BCUT2D eigenvalue weighted by molar-refractivity contribution is 7.99. The molecule has 13 nitrogen and oxygen atoms in total. The number of aliphatic hydroxyl groups is 1. The summed E-state index contributed by atoms with van der Waals surface area (Å²) in [4.78, 5) is 35.2. The SMILES string of the molecule is CCC(C)C(=O)OCC(O)COC(=O)CCSCC(C)C(=O)OC(CS(=O)(=O)[O-])CS(=O)(=O)[O-]. The average Bonchev–Trinajstić information content (AvgIpc) is 2.69. The number of thioether (sulfide) groups is 1. The molecule has 0 aromatic rings. The molecular formula is C18H30O13S3-2. The molecule has 0 bridgehead atoms. The Morgan fingerprint density at radius 2 is 1.44 bits per heavy atom. The summed E-state index contributed by atoms with van der Waals surface area (Å²) in [5.41, 5.74) is 0. The lowest BCUT2D eigenvalue weighted by molar-refractivity contribution is -0.155. The number of rotatable bonds is 17. The largest absolute Gasteiger partial charge is 0.748 e. The summed E-state index contributed by atoms with van der Waals surface area (Å²) in [5, 5.41) is 9.69. The topological polar surface area (TPSA) is 214 Å². The highest BCUT2D eigenvalue weighted by Crippen LogP contribution is 2.14. The molecule has 0 aliphatic heterocycles. The van der Waals surface area contributed by atoms with Crippen molar-refractivity contribution in [2.75, 3.05) is 36.2 Å². The molecule has 0 rings (SSSR count). The molecule has 0 fully saturated rings.